The van der Waals surface area contributed by atoms with E-state index in [0.717, 1.165) is 64.0 Å². The van der Waals surface area contributed by atoms with Gasteiger partial charge in [-0.15, -0.1) is 0 Å². The number of carbonyl (C=O) groups excluding carboxylic acids is 3. The standard InChI is InChI=1S/C35H42F2N8O3/c1-34-17-28-27(16-29(34)35(34,36)37)31(42-41-28)33(48)39-23-18-38-45(20-23)25-10-12-43(13-11-25)19-21-8-14-44(15-9-21)24-4-2-22(3-5-24)26-6-7-30(46)40-32(26)47/h2-5,18,20-21,25-26,29H,6-17,19H2,1H3,(H,39,48)(H,41,42)(H,40,46,47)/t26?,29-,34+/m0/s1. The summed E-state index contributed by atoms with van der Waals surface area (Å²) in [6.45, 7) is 6.72. The highest BCUT2D eigenvalue weighted by atomic mass is 19.3. The van der Waals surface area contributed by atoms with Crippen LogP contribution < -0.4 is 15.5 Å². The predicted octanol–water partition coefficient (Wildman–Crippen LogP) is 4.30. The summed E-state index contributed by atoms with van der Waals surface area (Å²) in [6.07, 6.45) is 9.06. The van der Waals surface area contributed by atoms with E-state index in [4.69, 9.17) is 0 Å². The number of amides is 3. The van der Waals surface area contributed by atoms with E-state index in [9.17, 15) is 23.2 Å². The van der Waals surface area contributed by atoms with Gasteiger partial charge >= 0.3 is 0 Å². The van der Waals surface area contributed by atoms with Gasteiger partial charge in [0.05, 0.1) is 23.8 Å². The lowest BCUT2D eigenvalue weighted by Gasteiger charge is -2.38. The zero-order valence-electron chi connectivity index (χ0n) is 27.2. The monoisotopic (exact) mass is 660 g/mol. The Morgan fingerprint density at radius 3 is 2.52 bits per heavy atom. The van der Waals surface area contributed by atoms with Crippen molar-refractivity contribution in [2.75, 3.05) is 42.9 Å². The Hall–Kier alpha value is -4.13. The molecular weight excluding hydrogens is 618 g/mol. The van der Waals surface area contributed by atoms with E-state index in [1.54, 1.807) is 13.1 Å². The van der Waals surface area contributed by atoms with Gasteiger partial charge in [0.2, 0.25) is 11.8 Å². The van der Waals surface area contributed by atoms with Crippen LogP contribution >= 0.6 is 0 Å². The Balaban J connectivity index is 0.784. The second kappa shape index (κ2) is 11.8. The smallest absolute Gasteiger partial charge is 0.276 e. The fourth-order valence-corrected chi connectivity index (χ4v) is 8.62. The number of nitrogens with one attached hydrogen (secondary N) is 3. The molecule has 0 radical (unpaired) electrons. The Bertz CT molecular complexity index is 1720. The van der Waals surface area contributed by atoms with Gasteiger partial charge in [0.15, 0.2) is 5.69 Å². The number of alkyl halides is 2. The van der Waals surface area contributed by atoms with E-state index in [2.05, 4.69) is 47.9 Å². The van der Waals surface area contributed by atoms with Crippen LogP contribution in [0.3, 0.4) is 0 Å². The van der Waals surface area contributed by atoms with Gasteiger partial charge < -0.3 is 15.1 Å². The van der Waals surface area contributed by atoms with Gasteiger partial charge in [0, 0.05) is 80.0 Å². The van der Waals surface area contributed by atoms with Crippen LogP contribution in [0.2, 0.25) is 0 Å². The summed E-state index contributed by atoms with van der Waals surface area (Å²) in [4.78, 5) is 41.8. The van der Waals surface area contributed by atoms with E-state index in [0.29, 0.717) is 35.7 Å². The largest absolute Gasteiger partial charge is 0.372 e. The average Bonchev–Trinajstić information content (AvgIpc) is 3.50. The Morgan fingerprint density at radius 1 is 1.04 bits per heavy atom. The van der Waals surface area contributed by atoms with Gasteiger partial charge in [-0.2, -0.15) is 10.2 Å². The number of aromatic amines is 1. The molecule has 0 spiro atoms. The highest BCUT2D eigenvalue weighted by Gasteiger charge is 2.78. The number of piperidine rings is 3. The molecule has 2 aliphatic carbocycles. The summed E-state index contributed by atoms with van der Waals surface area (Å²) >= 11 is 0. The number of halogens is 2. The molecule has 2 aromatic heterocycles. The van der Waals surface area contributed by atoms with Crippen molar-refractivity contribution in [3.05, 3.63) is 59.2 Å². The minimum absolute atomic E-state index is 0.164. The Kier molecular flexibility index (Phi) is 7.65. The molecule has 3 atom stereocenters. The quantitative estimate of drug-likeness (QED) is 0.323. The molecule has 0 bridgehead atoms. The first-order valence-electron chi connectivity index (χ1n) is 17.3. The highest BCUT2D eigenvalue weighted by molar-refractivity contribution is 6.04. The van der Waals surface area contributed by atoms with Gasteiger partial charge in [-0.25, -0.2) is 8.78 Å². The first-order chi connectivity index (χ1) is 23.1. The van der Waals surface area contributed by atoms with Gasteiger partial charge in [-0.05, 0) is 62.1 Å². The number of rotatable bonds is 7. The number of likely N-dealkylation sites (tertiary alicyclic amines) is 1. The van der Waals surface area contributed by atoms with Crippen LogP contribution in [0.5, 0.6) is 0 Å². The SMILES string of the molecule is C[C@@]12Cc3[nH]nc(C(=O)Nc4cnn(C5CCN(CC6CCN(c7ccc(C8CCC(=O)NC8=O)cc7)CC6)CC5)c4)c3C[C@@H]1C2(F)F. The molecule has 1 unspecified atom stereocenters. The van der Waals surface area contributed by atoms with E-state index >= 15 is 0 Å². The van der Waals surface area contributed by atoms with Crippen LogP contribution in [0.4, 0.5) is 20.2 Å². The van der Waals surface area contributed by atoms with Crippen molar-refractivity contribution in [1.82, 2.24) is 30.2 Å². The van der Waals surface area contributed by atoms with Crippen LogP contribution in [0.1, 0.15) is 84.7 Å². The van der Waals surface area contributed by atoms with Crippen molar-refractivity contribution < 1.29 is 23.2 Å². The first-order valence-corrected chi connectivity index (χ1v) is 17.3. The Morgan fingerprint density at radius 2 is 1.79 bits per heavy atom. The van der Waals surface area contributed by atoms with E-state index < -0.39 is 23.2 Å². The summed E-state index contributed by atoms with van der Waals surface area (Å²) in [7, 11) is 0. The predicted molar refractivity (Wildman–Crippen MR) is 174 cm³/mol. The van der Waals surface area contributed by atoms with Crippen molar-refractivity contribution >= 4 is 29.1 Å². The normalized spacial score (nSPS) is 27.7. The van der Waals surface area contributed by atoms with Crippen LogP contribution in [-0.4, -0.2) is 81.2 Å². The number of benzene rings is 1. The molecule has 3 aliphatic heterocycles. The number of fused-ring (bicyclic) bond motifs is 2. The number of imide groups is 1. The molecule has 3 amide bonds. The lowest BCUT2D eigenvalue weighted by atomic mass is 9.87. The minimum atomic E-state index is -2.70. The molecule has 5 heterocycles. The molecular formula is C35H42F2N8O3. The molecule has 11 nitrogen and oxygen atoms in total. The fourth-order valence-electron chi connectivity index (χ4n) is 8.62. The molecule has 4 fully saturated rings. The third kappa shape index (κ3) is 5.49. The molecule has 5 aliphatic rings. The third-order valence-electron chi connectivity index (χ3n) is 11.8. The van der Waals surface area contributed by atoms with Gasteiger partial charge in [0.1, 0.15) is 0 Å². The van der Waals surface area contributed by atoms with Crippen molar-refractivity contribution in [2.24, 2.45) is 17.3 Å². The molecule has 13 heteroatoms. The first kappa shape index (κ1) is 31.2. The number of hydrogen-bond acceptors (Lipinski definition) is 7. The average molecular weight is 661 g/mol. The molecule has 8 rings (SSSR count). The number of nitrogens with zero attached hydrogens (tertiary/aromatic N) is 5. The maximum atomic E-state index is 14.3. The number of aromatic nitrogens is 4. The zero-order chi connectivity index (χ0) is 33.2. The summed E-state index contributed by atoms with van der Waals surface area (Å²) in [5.74, 6) is -3.82. The molecule has 1 aromatic carbocycles. The van der Waals surface area contributed by atoms with E-state index in [1.807, 2.05) is 23.0 Å². The number of carbonyl (C=O) groups is 3. The van der Waals surface area contributed by atoms with Gasteiger partial charge in [-0.3, -0.25) is 29.5 Å². The maximum absolute atomic E-state index is 14.3. The lowest BCUT2D eigenvalue weighted by Crippen LogP contribution is -2.42. The molecule has 254 valence electrons. The summed E-state index contributed by atoms with van der Waals surface area (Å²) in [6, 6.07) is 8.52. The molecule has 1 saturated carbocycles. The van der Waals surface area contributed by atoms with Gasteiger partial charge in [-0.1, -0.05) is 19.1 Å². The van der Waals surface area contributed by atoms with Gasteiger partial charge in [0.25, 0.3) is 11.8 Å². The van der Waals surface area contributed by atoms with Crippen LogP contribution in [0, 0.1) is 17.3 Å². The van der Waals surface area contributed by atoms with Crippen LogP contribution in [0.25, 0.3) is 0 Å². The lowest BCUT2D eigenvalue weighted by molar-refractivity contribution is -0.134. The van der Waals surface area contributed by atoms with Crippen molar-refractivity contribution in [2.45, 2.75) is 76.2 Å². The molecule has 3 saturated heterocycles. The second-order valence-corrected chi connectivity index (χ2v) is 14.7. The van der Waals surface area contributed by atoms with Crippen LogP contribution in [0.15, 0.2) is 36.7 Å². The number of hydrogen-bond donors (Lipinski definition) is 3. The van der Waals surface area contributed by atoms with Crippen molar-refractivity contribution in [3.8, 4) is 0 Å². The zero-order valence-corrected chi connectivity index (χ0v) is 27.2. The number of H-pyrrole nitrogens is 1. The summed E-state index contributed by atoms with van der Waals surface area (Å²) in [5, 5.41) is 16.9. The van der Waals surface area contributed by atoms with E-state index in [1.165, 1.54) is 5.69 Å². The maximum Gasteiger partial charge on any atom is 0.276 e. The topological polar surface area (TPSA) is 128 Å². The van der Waals surface area contributed by atoms with Crippen LogP contribution in [-0.2, 0) is 22.4 Å². The van der Waals surface area contributed by atoms with Crippen molar-refractivity contribution in [1.29, 1.82) is 0 Å². The Labute approximate surface area is 277 Å². The number of anilines is 2. The van der Waals surface area contributed by atoms with Crippen molar-refractivity contribution in [3.63, 3.8) is 0 Å². The van der Waals surface area contributed by atoms with E-state index in [-0.39, 0.29) is 42.3 Å². The highest BCUT2D eigenvalue weighted by Crippen LogP contribution is 2.70. The summed E-state index contributed by atoms with van der Waals surface area (Å²) < 4.78 is 30.6. The molecule has 3 N–H and O–H groups in total. The second-order valence-electron chi connectivity index (χ2n) is 14.7. The molecule has 48 heavy (non-hydrogen) atoms. The third-order valence-corrected chi connectivity index (χ3v) is 11.8. The minimum Gasteiger partial charge on any atom is -0.372 e. The summed E-state index contributed by atoms with van der Waals surface area (Å²) in [5.41, 5.74) is 3.14. The molecule has 3 aromatic rings. The fraction of sp³-hybridized carbons (Fsp3) is 0.571.